The number of hydrogen-bond acceptors (Lipinski definition) is 2. The summed E-state index contributed by atoms with van der Waals surface area (Å²) >= 11 is 0. The third-order valence-electron chi connectivity index (χ3n) is 5.19. The molecule has 0 amide bonds. The van der Waals surface area contributed by atoms with Gasteiger partial charge in [-0.1, -0.05) is 32.9 Å². The molecule has 4 aliphatic rings. The Morgan fingerprint density at radius 1 is 1.26 bits per heavy atom. The normalized spacial score (nSPS) is 40.6. The Morgan fingerprint density at radius 2 is 1.84 bits per heavy atom. The molecule has 2 heteroatoms. The maximum absolute atomic E-state index is 12.2. The second-order valence-electron chi connectivity index (χ2n) is 8.31. The molecule has 0 N–H and O–H groups in total. The average molecular weight is 262 g/mol. The molecule has 4 aliphatic carbocycles. The largest absolute Gasteiger partial charge is 0.459 e. The van der Waals surface area contributed by atoms with Gasteiger partial charge in [0.25, 0.3) is 0 Å². The fourth-order valence-corrected chi connectivity index (χ4v) is 4.64. The topological polar surface area (TPSA) is 26.3 Å². The quantitative estimate of drug-likeness (QED) is 0.553. The maximum Gasteiger partial charge on any atom is 0.306 e. The maximum atomic E-state index is 12.2. The van der Waals surface area contributed by atoms with Gasteiger partial charge in [0.05, 0.1) is 6.42 Å². The van der Waals surface area contributed by atoms with Gasteiger partial charge in [-0.05, 0) is 55.3 Å². The van der Waals surface area contributed by atoms with Crippen LogP contribution in [-0.2, 0) is 9.53 Å². The summed E-state index contributed by atoms with van der Waals surface area (Å²) < 4.78 is 5.99. The number of carbonyl (C=O) groups excluding carboxylic acids is 1. The summed E-state index contributed by atoms with van der Waals surface area (Å²) in [5, 5.41) is 0. The Morgan fingerprint density at radius 3 is 2.37 bits per heavy atom. The number of rotatable bonds is 2. The standard InChI is InChI=1S/C17H26O2/c1-11-13-5-12-6-14(11)9-17(7-12,8-13)19-15(18)10-16(2,3)4/h12-14H,1,5-10H2,2-4H3. The minimum atomic E-state index is -0.139. The van der Waals surface area contributed by atoms with Crippen molar-refractivity contribution < 1.29 is 9.53 Å². The summed E-state index contributed by atoms with van der Waals surface area (Å²) in [6.45, 7) is 10.6. The second-order valence-corrected chi connectivity index (χ2v) is 8.31. The zero-order chi connectivity index (χ0) is 13.8. The van der Waals surface area contributed by atoms with E-state index in [9.17, 15) is 4.79 Å². The van der Waals surface area contributed by atoms with E-state index in [0.29, 0.717) is 18.3 Å². The number of esters is 1. The molecule has 4 saturated carbocycles. The minimum Gasteiger partial charge on any atom is -0.459 e. The smallest absolute Gasteiger partial charge is 0.306 e. The van der Waals surface area contributed by atoms with Crippen molar-refractivity contribution in [2.24, 2.45) is 23.2 Å². The van der Waals surface area contributed by atoms with Gasteiger partial charge in [-0.2, -0.15) is 0 Å². The van der Waals surface area contributed by atoms with Gasteiger partial charge in [-0.3, -0.25) is 4.79 Å². The van der Waals surface area contributed by atoms with Crippen molar-refractivity contribution in [2.75, 3.05) is 0 Å². The third kappa shape index (κ3) is 2.46. The van der Waals surface area contributed by atoms with Gasteiger partial charge in [-0.25, -0.2) is 0 Å². The van der Waals surface area contributed by atoms with E-state index < -0.39 is 0 Å². The molecule has 0 spiro atoms. The van der Waals surface area contributed by atoms with Crippen molar-refractivity contribution in [1.29, 1.82) is 0 Å². The van der Waals surface area contributed by atoms with Gasteiger partial charge in [0, 0.05) is 0 Å². The zero-order valence-corrected chi connectivity index (χ0v) is 12.5. The van der Waals surface area contributed by atoms with Crippen LogP contribution in [0.5, 0.6) is 0 Å². The molecule has 2 unspecified atom stereocenters. The Labute approximate surface area is 116 Å². The van der Waals surface area contributed by atoms with Crippen molar-refractivity contribution in [2.45, 2.75) is 64.9 Å². The molecular weight excluding hydrogens is 236 g/mol. The number of carbonyl (C=O) groups is 1. The number of hydrogen-bond donors (Lipinski definition) is 0. The van der Waals surface area contributed by atoms with Crippen LogP contribution in [0.4, 0.5) is 0 Å². The second kappa shape index (κ2) is 4.10. The molecule has 0 aliphatic heterocycles. The molecule has 19 heavy (non-hydrogen) atoms. The monoisotopic (exact) mass is 262 g/mol. The summed E-state index contributed by atoms with van der Waals surface area (Å²) in [6.07, 6.45) is 6.27. The van der Waals surface area contributed by atoms with Gasteiger partial charge in [0.15, 0.2) is 0 Å². The first-order valence-electron chi connectivity index (χ1n) is 7.67. The first-order valence-corrected chi connectivity index (χ1v) is 7.67. The van der Waals surface area contributed by atoms with Gasteiger partial charge in [0.1, 0.15) is 5.60 Å². The Hall–Kier alpha value is -0.790. The first kappa shape index (κ1) is 13.2. The highest BCUT2D eigenvalue weighted by Crippen LogP contribution is 2.59. The molecule has 4 bridgehead atoms. The van der Waals surface area contributed by atoms with Crippen molar-refractivity contribution >= 4 is 5.97 Å². The lowest BCUT2D eigenvalue weighted by Crippen LogP contribution is -2.53. The van der Waals surface area contributed by atoms with Gasteiger partial charge < -0.3 is 4.74 Å². The number of ether oxygens (including phenoxy) is 1. The summed E-state index contributed by atoms with van der Waals surface area (Å²) in [4.78, 5) is 12.2. The van der Waals surface area contributed by atoms with E-state index in [2.05, 4.69) is 27.4 Å². The van der Waals surface area contributed by atoms with E-state index in [1.54, 1.807) is 0 Å². The first-order chi connectivity index (χ1) is 8.76. The lowest BCUT2D eigenvalue weighted by atomic mass is 9.52. The molecule has 2 atom stereocenters. The fraction of sp³-hybridized carbons (Fsp3) is 0.824. The van der Waals surface area contributed by atoms with E-state index in [1.165, 1.54) is 18.4 Å². The van der Waals surface area contributed by atoms with Gasteiger partial charge >= 0.3 is 5.97 Å². The molecular formula is C17H26O2. The lowest BCUT2D eigenvalue weighted by molar-refractivity contribution is -0.181. The average Bonchev–Trinajstić information content (AvgIpc) is 2.20. The van der Waals surface area contributed by atoms with Crippen molar-refractivity contribution in [3.63, 3.8) is 0 Å². The predicted molar refractivity (Wildman–Crippen MR) is 75.6 cm³/mol. The summed E-state index contributed by atoms with van der Waals surface area (Å²) in [7, 11) is 0. The van der Waals surface area contributed by atoms with E-state index in [4.69, 9.17) is 4.74 Å². The van der Waals surface area contributed by atoms with Crippen LogP contribution in [0.25, 0.3) is 0 Å². The minimum absolute atomic E-state index is 0.0000576. The molecule has 0 radical (unpaired) electrons. The van der Waals surface area contributed by atoms with Gasteiger partial charge in [-0.15, -0.1) is 0 Å². The Balaban J connectivity index is 1.71. The predicted octanol–water partition coefficient (Wildman–Crippen LogP) is 4.10. The lowest BCUT2D eigenvalue weighted by Gasteiger charge is -2.56. The number of allylic oxidation sites excluding steroid dienone is 1. The molecule has 0 aromatic rings. The van der Waals surface area contributed by atoms with E-state index in [0.717, 1.165) is 25.2 Å². The van der Waals surface area contributed by atoms with E-state index in [-0.39, 0.29) is 17.0 Å². The molecule has 106 valence electrons. The zero-order valence-electron chi connectivity index (χ0n) is 12.5. The van der Waals surface area contributed by atoms with Crippen LogP contribution in [0.15, 0.2) is 12.2 Å². The summed E-state index contributed by atoms with van der Waals surface area (Å²) in [5.41, 5.74) is 1.32. The van der Waals surface area contributed by atoms with Crippen LogP contribution in [0.2, 0.25) is 0 Å². The Kier molecular flexibility index (Phi) is 2.85. The highest BCUT2D eigenvalue weighted by atomic mass is 16.6. The molecule has 2 nitrogen and oxygen atoms in total. The highest BCUT2D eigenvalue weighted by molar-refractivity contribution is 5.70. The molecule has 0 saturated heterocycles. The molecule has 0 aromatic carbocycles. The van der Waals surface area contributed by atoms with Crippen molar-refractivity contribution in [1.82, 2.24) is 0 Å². The highest BCUT2D eigenvalue weighted by Gasteiger charge is 2.54. The molecule has 4 fully saturated rings. The molecule has 0 aromatic heterocycles. The van der Waals surface area contributed by atoms with Crippen LogP contribution in [0.1, 0.15) is 59.3 Å². The van der Waals surface area contributed by atoms with Crippen LogP contribution in [0, 0.1) is 23.2 Å². The van der Waals surface area contributed by atoms with Crippen LogP contribution >= 0.6 is 0 Å². The Bertz CT molecular complexity index is 397. The summed E-state index contributed by atoms with van der Waals surface area (Å²) in [5.74, 6) is 2.01. The SMILES string of the molecule is C=C1C2CC3CC1CC(OC(=O)CC(C)(C)C)(C3)C2. The fourth-order valence-electron chi connectivity index (χ4n) is 4.64. The van der Waals surface area contributed by atoms with E-state index >= 15 is 0 Å². The van der Waals surface area contributed by atoms with Crippen LogP contribution in [0.3, 0.4) is 0 Å². The third-order valence-corrected chi connectivity index (χ3v) is 5.19. The van der Waals surface area contributed by atoms with Crippen LogP contribution in [-0.4, -0.2) is 11.6 Å². The van der Waals surface area contributed by atoms with E-state index in [1.807, 2.05) is 0 Å². The van der Waals surface area contributed by atoms with Gasteiger partial charge in [0.2, 0.25) is 0 Å². The summed E-state index contributed by atoms with van der Waals surface area (Å²) in [6, 6.07) is 0. The molecule has 0 heterocycles. The van der Waals surface area contributed by atoms with Crippen molar-refractivity contribution in [3.8, 4) is 0 Å². The van der Waals surface area contributed by atoms with Crippen LogP contribution < -0.4 is 0 Å². The van der Waals surface area contributed by atoms with Crippen molar-refractivity contribution in [3.05, 3.63) is 12.2 Å². The molecule has 4 rings (SSSR count).